The van der Waals surface area contributed by atoms with E-state index in [1.54, 1.807) is 6.07 Å². The molecule has 2 aromatic carbocycles. The van der Waals surface area contributed by atoms with Gasteiger partial charge in [-0.05, 0) is 104 Å². The molecule has 1 aliphatic carbocycles. The van der Waals surface area contributed by atoms with Gasteiger partial charge in [-0.15, -0.1) is 0 Å². The van der Waals surface area contributed by atoms with Crippen molar-refractivity contribution < 1.29 is 9.90 Å². The molecule has 176 valence electrons. The van der Waals surface area contributed by atoms with Gasteiger partial charge in [0.15, 0.2) is 0 Å². The Morgan fingerprint density at radius 1 is 1.00 bits per heavy atom. The largest absolute Gasteiger partial charge is 0.478 e. The minimum Gasteiger partial charge on any atom is -0.478 e. The molecule has 0 bridgehead atoms. The number of benzene rings is 2. The minimum absolute atomic E-state index is 0.238. The predicted octanol–water partition coefficient (Wildman–Crippen LogP) is 6.19. The smallest absolute Gasteiger partial charge is 0.335 e. The van der Waals surface area contributed by atoms with Crippen LogP contribution in [0.15, 0.2) is 79.0 Å². The van der Waals surface area contributed by atoms with Gasteiger partial charge in [-0.3, -0.25) is 9.88 Å². The molecule has 2 aliphatic rings. The summed E-state index contributed by atoms with van der Waals surface area (Å²) >= 11 is 0. The molecule has 5 rings (SSSR count). The minimum atomic E-state index is -0.843. The van der Waals surface area contributed by atoms with Gasteiger partial charge in [0.25, 0.3) is 0 Å². The Balaban J connectivity index is 1.26. The second-order valence-corrected chi connectivity index (χ2v) is 10.3. The molecule has 4 heteroatoms. The van der Waals surface area contributed by atoms with E-state index in [0.717, 1.165) is 62.0 Å². The van der Waals surface area contributed by atoms with Gasteiger partial charge in [0.2, 0.25) is 0 Å². The van der Waals surface area contributed by atoms with Crippen LogP contribution in [0.25, 0.3) is 0 Å². The molecule has 0 amide bonds. The third-order valence-corrected chi connectivity index (χ3v) is 7.98. The molecule has 4 nitrogen and oxygen atoms in total. The summed E-state index contributed by atoms with van der Waals surface area (Å²) in [6.07, 6.45) is 8.93. The molecule has 2 heterocycles. The van der Waals surface area contributed by atoms with E-state index in [2.05, 4.69) is 58.4 Å². The first-order valence-electron chi connectivity index (χ1n) is 12.6. The molecule has 0 radical (unpaired) electrons. The zero-order valence-electron chi connectivity index (χ0n) is 19.8. The van der Waals surface area contributed by atoms with Crippen molar-refractivity contribution in [1.29, 1.82) is 0 Å². The quantitative estimate of drug-likeness (QED) is 0.419. The van der Waals surface area contributed by atoms with Crippen LogP contribution >= 0.6 is 0 Å². The molecule has 1 saturated carbocycles. The Morgan fingerprint density at radius 3 is 2.53 bits per heavy atom. The Bertz CT molecular complexity index is 1090. The number of aromatic carboxylic acids is 1. The fourth-order valence-electron chi connectivity index (χ4n) is 5.84. The number of hydrogen-bond acceptors (Lipinski definition) is 3. The zero-order chi connectivity index (χ0) is 23.4. The van der Waals surface area contributed by atoms with Crippen LogP contribution in [0.5, 0.6) is 0 Å². The molecule has 1 unspecified atom stereocenters. The van der Waals surface area contributed by atoms with Crippen molar-refractivity contribution in [3.05, 3.63) is 101 Å². The molecular formula is C30H34N2O2. The highest BCUT2D eigenvalue weighted by Crippen LogP contribution is 2.52. The summed E-state index contributed by atoms with van der Waals surface area (Å²) in [5.41, 5.74) is 4.41. The van der Waals surface area contributed by atoms with E-state index in [-0.39, 0.29) is 5.41 Å². The summed E-state index contributed by atoms with van der Waals surface area (Å²) < 4.78 is 0. The van der Waals surface area contributed by atoms with Crippen LogP contribution < -0.4 is 0 Å². The van der Waals surface area contributed by atoms with Crippen molar-refractivity contribution in [3.63, 3.8) is 0 Å². The number of carbonyl (C=O) groups is 1. The molecule has 1 aromatic heterocycles. The number of rotatable bonds is 9. The third-order valence-electron chi connectivity index (χ3n) is 7.98. The van der Waals surface area contributed by atoms with Crippen molar-refractivity contribution in [2.24, 2.45) is 11.3 Å². The van der Waals surface area contributed by atoms with Crippen molar-refractivity contribution in [1.82, 2.24) is 9.88 Å². The van der Waals surface area contributed by atoms with Gasteiger partial charge in [0.1, 0.15) is 0 Å². The summed E-state index contributed by atoms with van der Waals surface area (Å²) in [6, 6.07) is 24.7. The normalized spacial score (nSPS) is 21.8. The molecular weight excluding hydrogens is 420 g/mol. The summed E-state index contributed by atoms with van der Waals surface area (Å²) in [6.45, 7) is 3.05. The maximum absolute atomic E-state index is 11.5. The second-order valence-electron chi connectivity index (χ2n) is 10.3. The Morgan fingerprint density at radius 2 is 1.79 bits per heavy atom. The van der Waals surface area contributed by atoms with Crippen molar-refractivity contribution in [3.8, 4) is 0 Å². The summed E-state index contributed by atoms with van der Waals surface area (Å²) in [5, 5.41) is 9.46. The number of piperidine rings is 1. The lowest BCUT2D eigenvalue weighted by Crippen LogP contribution is -2.41. The van der Waals surface area contributed by atoms with Crippen molar-refractivity contribution in [2.75, 3.05) is 13.1 Å². The van der Waals surface area contributed by atoms with Crippen LogP contribution in [-0.4, -0.2) is 34.0 Å². The maximum Gasteiger partial charge on any atom is 0.335 e. The van der Waals surface area contributed by atoms with Crippen LogP contribution in [-0.2, 0) is 13.0 Å². The molecule has 3 aromatic rings. The number of likely N-dealkylation sites (tertiary alicyclic amines) is 1. The first kappa shape index (κ1) is 22.8. The lowest BCUT2D eigenvalue weighted by atomic mass is 9.70. The van der Waals surface area contributed by atoms with Crippen molar-refractivity contribution in [2.45, 2.75) is 51.0 Å². The van der Waals surface area contributed by atoms with Crippen LogP contribution in [0.4, 0.5) is 0 Å². The second kappa shape index (κ2) is 10.1. The van der Waals surface area contributed by atoms with Crippen LogP contribution in [0.2, 0.25) is 0 Å². The van der Waals surface area contributed by atoms with Gasteiger partial charge in [0, 0.05) is 12.7 Å². The van der Waals surface area contributed by atoms with Crippen LogP contribution in [0.1, 0.15) is 65.2 Å². The van der Waals surface area contributed by atoms with Gasteiger partial charge in [-0.2, -0.15) is 0 Å². The standard InChI is InChI=1S/C30H34N2O2/c33-29(34)26-10-6-7-23(19-26)21-30(13-12-25-20-28(25)24-8-2-1-3-9-24)14-17-32(18-15-30)22-27-11-4-5-16-31-27/h1-11,16,19,25,28H,12-15,17-18,20-22H2,(H,33,34)/t25-,28?/m1/s1. The van der Waals surface area contributed by atoms with E-state index in [1.165, 1.54) is 24.8 Å². The summed E-state index contributed by atoms with van der Waals surface area (Å²) in [4.78, 5) is 18.6. The van der Waals surface area contributed by atoms with E-state index >= 15 is 0 Å². The molecule has 34 heavy (non-hydrogen) atoms. The third kappa shape index (κ3) is 5.56. The van der Waals surface area contributed by atoms with Gasteiger partial charge in [0.05, 0.1) is 11.3 Å². The SMILES string of the molecule is O=C(O)c1cccc(CC2(CC[C@@H]3CC3c3ccccc3)CCN(Cc3ccccn3)CC2)c1. The van der Waals surface area contributed by atoms with Gasteiger partial charge >= 0.3 is 5.97 Å². The maximum atomic E-state index is 11.5. The Hall–Kier alpha value is -2.98. The highest BCUT2D eigenvalue weighted by atomic mass is 16.4. The lowest BCUT2D eigenvalue weighted by molar-refractivity contribution is 0.0695. The lowest BCUT2D eigenvalue weighted by Gasteiger charge is -2.42. The first-order chi connectivity index (χ1) is 16.6. The average Bonchev–Trinajstić information content (AvgIpc) is 3.66. The van der Waals surface area contributed by atoms with E-state index in [0.29, 0.717) is 5.56 Å². The Kier molecular flexibility index (Phi) is 6.77. The predicted molar refractivity (Wildman–Crippen MR) is 135 cm³/mol. The van der Waals surface area contributed by atoms with Crippen LogP contribution in [0.3, 0.4) is 0 Å². The van der Waals surface area contributed by atoms with Gasteiger partial charge < -0.3 is 5.11 Å². The monoisotopic (exact) mass is 454 g/mol. The van der Waals surface area contributed by atoms with E-state index in [4.69, 9.17) is 0 Å². The van der Waals surface area contributed by atoms with Crippen LogP contribution in [0, 0.1) is 11.3 Å². The highest BCUT2D eigenvalue weighted by Gasteiger charge is 2.41. The van der Waals surface area contributed by atoms with Crippen molar-refractivity contribution >= 4 is 5.97 Å². The van der Waals surface area contributed by atoms with E-state index in [9.17, 15) is 9.90 Å². The van der Waals surface area contributed by atoms with E-state index in [1.807, 2.05) is 24.4 Å². The molecule has 1 aliphatic heterocycles. The molecule has 1 saturated heterocycles. The average molecular weight is 455 g/mol. The highest BCUT2D eigenvalue weighted by molar-refractivity contribution is 5.87. The summed E-state index contributed by atoms with van der Waals surface area (Å²) in [7, 11) is 0. The topological polar surface area (TPSA) is 53.4 Å². The number of hydrogen-bond donors (Lipinski definition) is 1. The van der Waals surface area contributed by atoms with Gasteiger partial charge in [-0.25, -0.2) is 4.79 Å². The molecule has 2 atom stereocenters. The fraction of sp³-hybridized carbons (Fsp3) is 0.400. The molecule has 2 fully saturated rings. The number of nitrogens with zero attached hydrogens (tertiary/aromatic N) is 2. The number of pyridine rings is 1. The Labute approximate surface area is 202 Å². The molecule has 1 N–H and O–H groups in total. The number of carboxylic acids is 1. The first-order valence-corrected chi connectivity index (χ1v) is 12.6. The summed E-state index contributed by atoms with van der Waals surface area (Å²) in [5.74, 6) is 0.666. The fourth-order valence-corrected chi connectivity index (χ4v) is 5.84. The number of aromatic nitrogens is 1. The van der Waals surface area contributed by atoms with E-state index < -0.39 is 5.97 Å². The molecule has 0 spiro atoms. The zero-order valence-corrected chi connectivity index (χ0v) is 19.8. The van der Waals surface area contributed by atoms with Gasteiger partial charge in [-0.1, -0.05) is 48.5 Å². The number of carboxylic acid groups (broad SMARTS) is 1.